The van der Waals surface area contributed by atoms with Gasteiger partial charge < -0.3 is 74.4 Å². The summed E-state index contributed by atoms with van der Waals surface area (Å²) in [5, 5.41) is 17.1. The molecule has 20 nitrogen and oxygen atoms in total. The molecule has 0 bridgehead atoms. The van der Waals surface area contributed by atoms with Crippen LogP contribution in [0.5, 0.6) is 5.75 Å². The van der Waals surface area contributed by atoms with Gasteiger partial charge in [-0.2, -0.15) is 0 Å². The van der Waals surface area contributed by atoms with E-state index in [9.17, 15) is 24.0 Å². The molecule has 0 aliphatic carbocycles. The normalized spacial score (nSPS) is 11.1. The average Bonchev–Trinajstić information content (AvgIpc) is 3.82. The fourth-order valence-corrected chi connectivity index (χ4v) is 6.00. The van der Waals surface area contributed by atoms with E-state index in [1.807, 2.05) is 7.05 Å². The molecule has 0 radical (unpaired) electrons. The highest BCUT2D eigenvalue weighted by Crippen LogP contribution is 2.18. The van der Waals surface area contributed by atoms with Crippen LogP contribution in [0.4, 0.5) is 17.1 Å². The molecule has 2 aromatic heterocycles. The van der Waals surface area contributed by atoms with Gasteiger partial charge in [0, 0.05) is 71.6 Å². The van der Waals surface area contributed by atoms with Crippen LogP contribution in [0, 0.1) is 0 Å². The highest BCUT2D eigenvalue weighted by Gasteiger charge is 2.17. The van der Waals surface area contributed by atoms with Gasteiger partial charge in [-0.05, 0) is 76.4 Å². The summed E-state index contributed by atoms with van der Waals surface area (Å²) in [4.78, 5) is 63.3. The summed E-state index contributed by atoms with van der Waals surface area (Å²) in [5.41, 5.74) is 2.49. The van der Waals surface area contributed by atoms with Crippen molar-refractivity contribution in [1.82, 2.24) is 30.0 Å². The molecule has 0 atom stereocenters. The molecule has 64 heavy (non-hydrogen) atoms. The number of anilines is 3. The van der Waals surface area contributed by atoms with Crippen molar-refractivity contribution in [2.24, 2.45) is 14.1 Å². The maximum atomic E-state index is 13.0. The number of amides is 5. The van der Waals surface area contributed by atoms with Crippen molar-refractivity contribution >= 4 is 46.6 Å². The van der Waals surface area contributed by atoms with E-state index in [0.29, 0.717) is 127 Å². The van der Waals surface area contributed by atoms with Gasteiger partial charge in [0.2, 0.25) is 17.7 Å². The van der Waals surface area contributed by atoms with Crippen LogP contribution in [0.3, 0.4) is 0 Å². The number of carbonyl (C=O) groups is 5. The highest BCUT2D eigenvalue weighted by molar-refractivity contribution is 6.05. The number of hydrogen-bond donors (Lipinski definition) is 6. The second-order valence-electron chi connectivity index (χ2n) is 14.8. The fourth-order valence-electron chi connectivity index (χ4n) is 6.00. The summed E-state index contributed by atoms with van der Waals surface area (Å²) in [6.45, 7) is 9.24. The van der Waals surface area contributed by atoms with E-state index < -0.39 is 0 Å². The molecule has 3 rings (SSSR count). The first-order chi connectivity index (χ1) is 30.9. The number of hydrogen-bond acceptors (Lipinski definition) is 13. The zero-order valence-electron chi connectivity index (χ0n) is 38.1. The third kappa shape index (κ3) is 22.8. The van der Waals surface area contributed by atoms with Gasteiger partial charge in [-0.1, -0.05) is 0 Å². The van der Waals surface area contributed by atoms with Crippen LogP contribution >= 0.6 is 0 Å². The summed E-state index contributed by atoms with van der Waals surface area (Å²) in [6.07, 6.45) is 5.46. The molecule has 20 heteroatoms. The first kappa shape index (κ1) is 53.0. The average molecular weight is 900 g/mol. The zero-order chi connectivity index (χ0) is 46.4. The third-order valence-electron chi connectivity index (χ3n) is 9.29. The maximum Gasteiger partial charge on any atom is 0.272 e. The van der Waals surface area contributed by atoms with Crippen LogP contribution in [0.1, 0.15) is 53.6 Å². The Kier molecular flexibility index (Phi) is 26.1. The van der Waals surface area contributed by atoms with Gasteiger partial charge in [-0.3, -0.25) is 24.0 Å². The third-order valence-corrected chi connectivity index (χ3v) is 9.29. The SMILES string of the molecule is CNCCC(=O)Nc1cc(C(=O)Nc2cc(C(=O)NCCCN(C)CCCNC(=O)CCOCCOCCOCCOCCOCCOc3ccc(NC(C)=O)cc3)n(C)c2)n(C)c1. The lowest BCUT2D eigenvalue weighted by Crippen LogP contribution is -2.31. The molecule has 3 aromatic rings. The number of nitrogens with one attached hydrogen (secondary N) is 6. The van der Waals surface area contributed by atoms with Crippen LogP contribution in [0.2, 0.25) is 0 Å². The smallest absolute Gasteiger partial charge is 0.272 e. The quantitative estimate of drug-likeness (QED) is 0.0467. The largest absolute Gasteiger partial charge is 0.491 e. The van der Waals surface area contributed by atoms with Crippen LogP contribution in [-0.2, 0) is 52.2 Å². The molecule has 0 spiro atoms. The summed E-state index contributed by atoms with van der Waals surface area (Å²) in [5.74, 6) is -0.253. The predicted molar refractivity (Wildman–Crippen MR) is 243 cm³/mol. The van der Waals surface area contributed by atoms with Gasteiger partial charge in [0.25, 0.3) is 11.8 Å². The van der Waals surface area contributed by atoms with Crippen LogP contribution < -0.4 is 36.6 Å². The number of aromatic nitrogens is 2. The van der Waals surface area contributed by atoms with Crippen molar-refractivity contribution in [2.45, 2.75) is 32.6 Å². The van der Waals surface area contributed by atoms with E-state index in [4.69, 9.17) is 28.4 Å². The molecular weight excluding hydrogens is 831 g/mol. The summed E-state index contributed by atoms with van der Waals surface area (Å²) in [6, 6.07) is 10.4. The van der Waals surface area contributed by atoms with Crippen LogP contribution in [0.15, 0.2) is 48.8 Å². The second kappa shape index (κ2) is 31.5. The fraction of sp³-hybridized carbons (Fsp3) is 0.568. The maximum absolute atomic E-state index is 13.0. The van der Waals surface area contributed by atoms with E-state index in [2.05, 4.69) is 36.8 Å². The Balaban J connectivity index is 1.08. The van der Waals surface area contributed by atoms with Crippen LogP contribution in [-0.4, -0.2) is 163 Å². The minimum atomic E-state index is -0.367. The second-order valence-corrected chi connectivity index (χ2v) is 14.8. The summed E-state index contributed by atoms with van der Waals surface area (Å²) < 4.78 is 36.4. The van der Waals surface area contributed by atoms with E-state index in [1.165, 1.54) is 6.92 Å². The minimum absolute atomic E-state index is 0.0654. The Labute approximate surface area is 376 Å². The van der Waals surface area contributed by atoms with Gasteiger partial charge in [0.05, 0.1) is 77.4 Å². The standard InChI is InChI=1S/C44H69N9O11/c1-34(54)48-35-8-10-38(11-9-35)64-29-28-63-27-26-62-25-24-61-23-22-60-21-20-59-19-13-41(55)46-14-6-17-51(3)18-7-15-47-43(57)39-31-37(33-52(39)4)50-44(58)40-30-36(32-53(40)5)49-42(56)12-16-45-2/h8-11,30-33,45H,6-7,12-29H2,1-5H3,(H,46,55)(H,47,57)(H,48,54)(H,49,56)(H,50,58). The monoisotopic (exact) mass is 900 g/mol. The van der Waals surface area contributed by atoms with Crippen molar-refractivity contribution in [3.63, 3.8) is 0 Å². The topological polar surface area (TPSA) is 226 Å². The molecule has 0 fully saturated rings. The molecule has 0 unspecified atom stereocenters. The van der Waals surface area contributed by atoms with Gasteiger partial charge in [0.15, 0.2) is 0 Å². The molecule has 356 valence electrons. The van der Waals surface area contributed by atoms with Gasteiger partial charge in [-0.15, -0.1) is 0 Å². The number of ether oxygens (including phenoxy) is 6. The number of benzene rings is 1. The Morgan fingerprint density at radius 3 is 1.61 bits per heavy atom. The van der Waals surface area contributed by atoms with Crippen molar-refractivity contribution in [1.29, 1.82) is 0 Å². The van der Waals surface area contributed by atoms with Crippen molar-refractivity contribution in [3.8, 4) is 5.75 Å². The Bertz CT molecular complexity index is 1840. The lowest BCUT2D eigenvalue weighted by molar-refractivity contribution is -0.122. The first-order valence-electron chi connectivity index (χ1n) is 21.7. The molecule has 5 amide bonds. The van der Waals surface area contributed by atoms with Crippen LogP contribution in [0.25, 0.3) is 0 Å². The van der Waals surface area contributed by atoms with E-state index in [-0.39, 0.29) is 36.0 Å². The number of nitrogens with zero attached hydrogens (tertiary/aromatic N) is 3. The number of aryl methyl sites for hydroxylation is 2. The lowest BCUT2D eigenvalue weighted by atomic mass is 10.3. The lowest BCUT2D eigenvalue weighted by Gasteiger charge is -2.17. The number of rotatable bonds is 35. The van der Waals surface area contributed by atoms with Gasteiger partial charge in [0.1, 0.15) is 23.7 Å². The molecule has 0 aliphatic rings. The van der Waals surface area contributed by atoms with Crippen molar-refractivity contribution in [3.05, 3.63) is 60.2 Å². The predicted octanol–water partition coefficient (Wildman–Crippen LogP) is 2.23. The Morgan fingerprint density at radius 2 is 1.06 bits per heavy atom. The van der Waals surface area contributed by atoms with Gasteiger partial charge in [-0.25, -0.2) is 0 Å². The van der Waals surface area contributed by atoms with Crippen molar-refractivity contribution in [2.75, 3.05) is 135 Å². The zero-order valence-corrected chi connectivity index (χ0v) is 38.1. The first-order valence-corrected chi connectivity index (χ1v) is 21.7. The van der Waals surface area contributed by atoms with Crippen molar-refractivity contribution < 1.29 is 52.4 Å². The molecule has 1 aromatic carbocycles. The Hall–Kier alpha value is -5.35. The minimum Gasteiger partial charge on any atom is -0.491 e. The Morgan fingerprint density at radius 1 is 0.562 bits per heavy atom. The number of carbonyl (C=O) groups excluding carboxylic acids is 5. The molecule has 0 saturated carbocycles. The molecular formula is C44H69N9O11. The summed E-state index contributed by atoms with van der Waals surface area (Å²) >= 11 is 0. The van der Waals surface area contributed by atoms with E-state index in [0.717, 1.165) is 31.6 Å². The van der Waals surface area contributed by atoms with Gasteiger partial charge >= 0.3 is 0 Å². The van der Waals surface area contributed by atoms with E-state index in [1.54, 1.807) is 79.1 Å². The molecule has 6 N–H and O–H groups in total. The molecule has 2 heterocycles. The van der Waals surface area contributed by atoms with E-state index >= 15 is 0 Å². The highest BCUT2D eigenvalue weighted by atomic mass is 16.6. The molecule has 0 aliphatic heterocycles. The summed E-state index contributed by atoms with van der Waals surface area (Å²) in [7, 11) is 7.23. The molecule has 0 saturated heterocycles.